The third-order valence-electron chi connectivity index (χ3n) is 3.89. The van der Waals surface area contributed by atoms with Crippen LogP contribution in [0.4, 0.5) is 0 Å². The zero-order valence-electron chi connectivity index (χ0n) is 13.3. The van der Waals surface area contributed by atoms with Crippen molar-refractivity contribution in [1.82, 2.24) is 4.72 Å². The van der Waals surface area contributed by atoms with Crippen LogP contribution in [0.15, 0.2) is 59.5 Å². The normalized spacial score (nSPS) is 14.0. The molecule has 1 N–H and O–H groups in total. The molecule has 6 heteroatoms. The second-order valence-electron chi connectivity index (χ2n) is 5.66. The Morgan fingerprint density at radius 1 is 1.04 bits per heavy atom. The average Bonchev–Trinajstić information content (AvgIpc) is 2.60. The molecule has 1 amide bonds. The maximum Gasteiger partial charge on any atom is 0.260 e. The molecule has 2 aromatic rings. The van der Waals surface area contributed by atoms with Gasteiger partial charge >= 0.3 is 0 Å². The molecular weight excluding hydrogens is 358 g/mol. The van der Waals surface area contributed by atoms with E-state index in [9.17, 15) is 13.2 Å². The molecule has 0 unspecified atom stereocenters. The first kappa shape index (κ1) is 17.5. The summed E-state index contributed by atoms with van der Waals surface area (Å²) in [6.45, 7) is 0. The van der Waals surface area contributed by atoms with Gasteiger partial charge in [-0.05, 0) is 53.8 Å². The van der Waals surface area contributed by atoms with Gasteiger partial charge in [-0.1, -0.05) is 48.0 Å². The van der Waals surface area contributed by atoms with Crippen LogP contribution in [0, 0.1) is 0 Å². The Bertz CT molecular complexity index is 960. The predicted octanol–water partition coefficient (Wildman–Crippen LogP) is 3.79. The minimum absolute atomic E-state index is 0.222. The number of carbonyl (C=O) groups excluding carboxylic acids is 1. The van der Waals surface area contributed by atoms with E-state index in [2.05, 4.69) is 4.72 Å². The molecule has 1 aliphatic carbocycles. The Balaban J connectivity index is 1.72. The highest BCUT2D eigenvalue weighted by Gasteiger charge is 2.22. The number of fused-ring (bicyclic) bond motifs is 1. The summed E-state index contributed by atoms with van der Waals surface area (Å²) in [5.41, 5.74) is 2.73. The van der Waals surface area contributed by atoms with Gasteiger partial charge in [0.2, 0.25) is 0 Å². The van der Waals surface area contributed by atoms with E-state index in [-0.39, 0.29) is 4.91 Å². The van der Waals surface area contributed by atoms with Crippen molar-refractivity contribution >= 4 is 39.7 Å². The van der Waals surface area contributed by atoms with Crippen LogP contribution in [0.25, 0.3) is 12.2 Å². The molecule has 25 heavy (non-hydrogen) atoms. The minimum atomic E-state index is -3.85. The van der Waals surface area contributed by atoms with Crippen molar-refractivity contribution in [2.24, 2.45) is 0 Å². The Morgan fingerprint density at radius 2 is 1.76 bits per heavy atom. The zero-order valence-corrected chi connectivity index (χ0v) is 14.8. The smallest absolute Gasteiger partial charge is 0.260 e. The van der Waals surface area contributed by atoms with Gasteiger partial charge in [-0.15, -0.1) is 0 Å². The molecule has 0 radical (unpaired) electrons. The number of hydrogen-bond acceptors (Lipinski definition) is 3. The summed E-state index contributed by atoms with van der Waals surface area (Å²) < 4.78 is 26.9. The van der Waals surface area contributed by atoms with Crippen molar-refractivity contribution in [2.45, 2.75) is 12.8 Å². The minimum Gasteiger partial charge on any atom is -0.269 e. The molecule has 4 nitrogen and oxygen atoms in total. The molecule has 0 aliphatic heterocycles. The number of benzene rings is 2. The third kappa shape index (κ3) is 4.38. The lowest BCUT2D eigenvalue weighted by Gasteiger charge is -2.16. The zero-order chi connectivity index (χ0) is 17.9. The number of carbonyl (C=O) groups is 1. The van der Waals surface area contributed by atoms with Gasteiger partial charge in [0, 0.05) is 11.1 Å². The van der Waals surface area contributed by atoms with E-state index in [4.69, 9.17) is 11.6 Å². The van der Waals surface area contributed by atoms with Crippen LogP contribution >= 0.6 is 11.6 Å². The Morgan fingerprint density at radius 3 is 2.52 bits per heavy atom. The van der Waals surface area contributed by atoms with E-state index in [1.54, 1.807) is 30.3 Å². The largest absolute Gasteiger partial charge is 0.269 e. The standard InChI is InChI=1S/C19H16ClNO3S/c20-17-9-5-14(6-10-17)7-12-19(22)21-25(23,24)18-11-8-15-3-1-2-4-16(15)13-18/h1-7,9-10,12-13H,8,11H2,(H,21,22)/b12-7+. The van der Waals surface area contributed by atoms with E-state index in [1.165, 1.54) is 12.2 Å². The first-order chi connectivity index (χ1) is 11.9. The number of allylic oxidation sites excluding steroid dienone is 1. The second-order valence-corrected chi connectivity index (χ2v) is 7.84. The van der Waals surface area contributed by atoms with Gasteiger partial charge in [0.05, 0.1) is 4.91 Å². The predicted molar refractivity (Wildman–Crippen MR) is 100 cm³/mol. The molecule has 0 aromatic heterocycles. The fourth-order valence-electron chi connectivity index (χ4n) is 2.60. The second kappa shape index (κ2) is 7.25. The Kier molecular flexibility index (Phi) is 5.06. The van der Waals surface area contributed by atoms with Gasteiger partial charge in [0.25, 0.3) is 15.9 Å². The summed E-state index contributed by atoms with van der Waals surface area (Å²) in [7, 11) is -3.85. The summed E-state index contributed by atoms with van der Waals surface area (Å²) in [5, 5.41) is 0.591. The highest BCUT2D eigenvalue weighted by atomic mass is 35.5. The summed E-state index contributed by atoms with van der Waals surface area (Å²) in [5.74, 6) is -0.685. The summed E-state index contributed by atoms with van der Waals surface area (Å²) >= 11 is 5.79. The van der Waals surface area contributed by atoms with Crippen LogP contribution in [-0.4, -0.2) is 14.3 Å². The molecule has 3 rings (SSSR count). The Labute approximate surface area is 151 Å². The van der Waals surface area contributed by atoms with Gasteiger partial charge in [-0.2, -0.15) is 0 Å². The highest BCUT2D eigenvalue weighted by molar-refractivity contribution is 7.94. The van der Waals surface area contributed by atoms with E-state index < -0.39 is 15.9 Å². The highest BCUT2D eigenvalue weighted by Crippen LogP contribution is 2.26. The van der Waals surface area contributed by atoms with Gasteiger partial charge in [-0.3, -0.25) is 4.79 Å². The van der Waals surface area contributed by atoms with Crippen LogP contribution in [0.5, 0.6) is 0 Å². The molecule has 0 atom stereocenters. The maximum atomic E-state index is 12.4. The first-order valence-corrected chi connectivity index (χ1v) is 9.59. The summed E-state index contributed by atoms with van der Waals surface area (Å²) in [4.78, 5) is 12.2. The van der Waals surface area contributed by atoms with E-state index in [0.29, 0.717) is 17.9 Å². The van der Waals surface area contributed by atoms with Gasteiger partial charge in [-0.25, -0.2) is 13.1 Å². The van der Waals surface area contributed by atoms with Gasteiger partial charge < -0.3 is 0 Å². The van der Waals surface area contributed by atoms with E-state index in [1.807, 2.05) is 24.3 Å². The summed E-state index contributed by atoms with van der Waals surface area (Å²) in [6, 6.07) is 14.5. The maximum absolute atomic E-state index is 12.4. The number of halogens is 1. The van der Waals surface area contributed by atoms with Crippen molar-refractivity contribution in [2.75, 3.05) is 0 Å². The van der Waals surface area contributed by atoms with E-state index >= 15 is 0 Å². The van der Waals surface area contributed by atoms with Crippen molar-refractivity contribution in [3.63, 3.8) is 0 Å². The number of nitrogens with one attached hydrogen (secondary N) is 1. The quantitative estimate of drug-likeness (QED) is 0.829. The van der Waals surface area contributed by atoms with Crippen LogP contribution in [-0.2, 0) is 21.2 Å². The van der Waals surface area contributed by atoms with Crippen LogP contribution in [0.1, 0.15) is 23.1 Å². The van der Waals surface area contributed by atoms with Crippen molar-refractivity contribution in [3.05, 3.63) is 81.2 Å². The monoisotopic (exact) mass is 373 g/mol. The first-order valence-electron chi connectivity index (χ1n) is 7.73. The molecule has 128 valence electrons. The number of aryl methyl sites for hydroxylation is 1. The van der Waals surface area contributed by atoms with Crippen molar-refractivity contribution in [3.8, 4) is 0 Å². The van der Waals surface area contributed by atoms with Crippen LogP contribution in [0.3, 0.4) is 0 Å². The molecule has 0 bridgehead atoms. The molecular formula is C19H16ClNO3S. The molecule has 2 aromatic carbocycles. The topological polar surface area (TPSA) is 63.2 Å². The van der Waals surface area contributed by atoms with Crippen LogP contribution in [0.2, 0.25) is 5.02 Å². The average molecular weight is 374 g/mol. The number of hydrogen-bond donors (Lipinski definition) is 1. The van der Waals surface area contributed by atoms with Crippen molar-refractivity contribution < 1.29 is 13.2 Å². The lowest BCUT2D eigenvalue weighted by molar-refractivity contribution is -0.114. The summed E-state index contributed by atoms with van der Waals surface area (Å²) in [6.07, 6.45) is 5.36. The number of sulfonamides is 1. The molecule has 0 heterocycles. The number of amides is 1. The van der Waals surface area contributed by atoms with Crippen molar-refractivity contribution in [1.29, 1.82) is 0 Å². The third-order valence-corrected chi connectivity index (χ3v) is 5.62. The lowest BCUT2D eigenvalue weighted by Crippen LogP contribution is -2.30. The molecule has 0 spiro atoms. The Hall–Kier alpha value is -2.37. The van der Waals surface area contributed by atoms with Gasteiger partial charge in [0.15, 0.2) is 0 Å². The molecule has 1 aliphatic rings. The fourth-order valence-corrected chi connectivity index (χ4v) is 3.84. The lowest BCUT2D eigenvalue weighted by atomic mass is 9.98. The molecule has 0 saturated heterocycles. The van der Waals surface area contributed by atoms with E-state index in [0.717, 1.165) is 16.7 Å². The molecule has 0 fully saturated rings. The SMILES string of the molecule is O=C(/C=C/c1ccc(Cl)cc1)NS(=O)(=O)C1=Cc2ccccc2CC1. The fraction of sp³-hybridized carbons (Fsp3) is 0.105. The van der Waals surface area contributed by atoms with Crippen LogP contribution < -0.4 is 4.72 Å². The number of rotatable bonds is 4. The molecule has 0 saturated carbocycles. The van der Waals surface area contributed by atoms with Gasteiger partial charge in [0.1, 0.15) is 0 Å².